The van der Waals surface area contributed by atoms with Crippen LogP contribution in [0.2, 0.25) is 0 Å². The van der Waals surface area contributed by atoms with Crippen LogP contribution in [0.1, 0.15) is 29.5 Å². The van der Waals surface area contributed by atoms with Gasteiger partial charge in [-0.15, -0.1) is 0 Å². The summed E-state index contributed by atoms with van der Waals surface area (Å²) in [6, 6.07) is 26.0. The molecule has 36 heavy (non-hydrogen) atoms. The first kappa shape index (κ1) is 23.5. The van der Waals surface area contributed by atoms with Crippen LogP contribution < -0.4 is 5.32 Å². The van der Waals surface area contributed by atoms with Crippen molar-refractivity contribution in [1.29, 1.82) is 0 Å². The second kappa shape index (κ2) is 10.2. The zero-order valence-corrected chi connectivity index (χ0v) is 20.6. The Kier molecular flexibility index (Phi) is 6.67. The maximum Gasteiger partial charge on any atom is 0.246 e. The van der Waals surface area contributed by atoms with Crippen molar-refractivity contribution in [3.63, 3.8) is 0 Å². The van der Waals surface area contributed by atoms with Gasteiger partial charge in [-0.3, -0.25) is 19.5 Å². The highest BCUT2D eigenvalue weighted by Crippen LogP contribution is 2.28. The molecule has 3 aromatic carbocycles. The molecule has 1 heterocycles. The molecule has 2 amide bonds. The van der Waals surface area contributed by atoms with Crippen LogP contribution in [0.4, 0.5) is 5.95 Å². The molecule has 0 bridgehead atoms. The van der Waals surface area contributed by atoms with Crippen molar-refractivity contribution in [3.05, 3.63) is 102 Å². The van der Waals surface area contributed by atoms with Crippen molar-refractivity contribution in [2.75, 3.05) is 11.9 Å². The molecule has 1 aliphatic carbocycles. The van der Waals surface area contributed by atoms with Crippen LogP contribution in [0.5, 0.6) is 0 Å². The number of carbonyl (C=O) groups is 2. The molecule has 182 valence electrons. The van der Waals surface area contributed by atoms with Gasteiger partial charge in [0.25, 0.3) is 0 Å². The van der Waals surface area contributed by atoms with Gasteiger partial charge in [0.2, 0.25) is 17.8 Å². The summed E-state index contributed by atoms with van der Waals surface area (Å²) in [5.74, 6) is 0.157. The molecule has 1 aromatic heterocycles. The van der Waals surface area contributed by atoms with Crippen LogP contribution in [-0.4, -0.2) is 38.9 Å². The molecule has 5 rings (SSSR count). The number of anilines is 1. The fourth-order valence-electron chi connectivity index (χ4n) is 4.23. The molecule has 0 unspecified atom stereocenters. The van der Waals surface area contributed by atoms with Gasteiger partial charge in [-0.05, 0) is 44.4 Å². The molecule has 0 spiro atoms. The van der Waals surface area contributed by atoms with Gasteiger partial charge < -0.3 is 4.90 Å². The van der Waals surface area contributed by atoms with E-state index in [1.165, 1.54) is 5.56 Å². The molecule has 1 N–H and O–H groups in total. The Bertz CT molecular complexity index is 1350. The average Bonchev–Trinajstić information content (AvgIpc) is 3.64. The van der Waals surface area contributed by atoms with Crippen LogP contribution in [0, 0.1) is 13.8 Å². The Hall–Kier alpha value is -4.19. The third-order valence-electron chi connectivity index (χ3n) is 6.44. The van der Waals surface area contributed by atoms with Gasteiger partial charge in [0.15, 0.2) is 0 Å². The molecule has 4 aromatic rings. The lowest BCUT2D eigenvalue weighted by Gasteiger charge is -2.22. The quantitative estimate of drug-likeness (QED) is 0.372. The Morgan fingerprint density at radius 2 is 1.56 bits per heavy atom. The summed E-state index contributed by atoms with van der Waals surface area (Å²) in [6.45, 7) is 4.10. The highest BCUT2D eigenvalue weighted by atomic mass is 16.2. The smallest absolute Gasteiger partial charge is 0.246 e. The maximum absolute atomic E-state index is 13.2. The van der Waals surface area contributed by atoms with E-state index in [1.807, 2.05) is 103 Å². The number of aryl methyl sites for hydroxylation is 2. The van der Waals surface area contributed by atoms with Gasteiger partial charge in [-0.1, -0.05) is 77.9 Å². The van der Waals surface area contributed by atoms with E-state index >= 15 is 0 Å². The van der Waals surface area contributed by atoms with Crippen LogP contribution >= 0.6 is 0 Å². The fourth-order valence-corrected chi connectivity index (χ4v) is 4.23. The van der Waals surface area contributed by atoms with Gasteiger partial charge in [0.1, 0.15) is 6.54 Å². The monoisotopic (exact) mass is 478 g/mol. The number of benzene rings is 3. The van der Waals surface area contributed by atoms with Crippen molar-refractivity contribution >= 4 is 17.8 Å². The van der Waals surface area contributed by atoms with Crippen LogP contribution in [-0.2, 0) is 16.0 Å². The van der Waals surface area contributed by atoms with Gasteiger partial charge in [-0.25, -0.2) is 4.98 Å². The lowest BCUT2D eigenvalue weighted by Crippen LogP contribution is -2.40. The fraction of sp³-hybridized carbons (Fsp3) is 0.233. The van der Waals surface area contributed by atoms with Crippen molar-refractivity contribution in [2.45, 2.75) is 39.2 Å². The van der Waals surface area contributed by atoms with Gasteiger partial charge in [0.05, 0.1) is 12.1 Å². The molecule has 1 fully saturated rings. The molecule has 6 nitrogen and oxygen atoms in total. The zero-order valence-electron chi connectivity index (χ0n) is 20.6. The Morgan fingerprint density at radius 1 is 0.917 bits per heavy atom. The van der Waals surface area contributed by atoms with Crippen molar-refractivity contribution in [1.82, 2.24) is 14.5 Å². The number of nitrogens with zero attached hydrogens (tertiary/aromatic N) is 3. The summed E-state index contributed by atoms with van der Waals surface area (Å²) in [5, 5.41) is 2.98. The Labute approximate surface area is 211 Å². The molecule has 6 heteroatoms. The first-order valence-corrected chi connectivity index (χ1v) is 12.3. The van der Waals surface area contributed by atoms with Crippen LogP contribution in [0.15, 0.2) is 85.1 Å². The first-order chi connectivity index (χ1) is 17.5. The molecule has 1 saturated carbocycles. The summed E-state index contributed by atoms with van der Waals surface area (Å²) in [4.78, 5) is 32.7. The summed E-state index contributed by atoms with van der Waals surface area (Å²) < 4.78 is 1.89. The Morgan fingerprint density at radius 3 is 2.19 bits per heavy atom. The van der Waals surface area contributed by atoms with E-state index in [0.29, 0.717) is 12.4 Å². The topological polar surface area (TPSA) is 67.2 Å². The lowest BCUT2D eigenvalue weighted by molar-refractivity contribution is -0.134. The molecule has 0 atom stereocenters. The molecule has 1 aliphatic rings. The number of nitrogens with one attached hydrogen (secondary N) is 1. The summed E-state index contributed by atoms with van der Waals surface area (Å²) in [7, 11) is 0. The predicted molar refractivity (Wildman–Crippen MR) is 142 cm³/mol. The van der Waals surface area contributed by atoms with Gasteiger partial charge in [-0.2, -0.15) is 0 Å². The third-order valence-corrected chi connectivity index (χ3v) is 6.44. The summed E-state index contributed by atoms with van der Waals surface area (Å²) in [5.41, 5.74) is 5.92. The Balaban J connectivity index is 1.37. The van der Waals surface area contributed by atoms with Crippen molar-refractivity contribution < 1.29 is 9.59 Å². The minimum Gasteiger partial charge on any atom is -0.330 e. The maximum atomic E-state index is 13.2. The average molecular weight is 479 g/mol. The van der Waals surface area contributed by atoms with Crippen molar-refractivity contribution in [3.8, 4) is 16.9 Å². The molecule has 0 radical (unpaired) electrons. The number of rotatable bonds is 8. The largest absolute Gasteiger partial charge is 0.330 e. The van der Waals surface area contributed by atoms with E-state index < -0.39 is 0 Å². The van der Waals surface area contributed by atoms with E-state index in [-0.39, 0.29) is 24.4 Å². The number of hydrogen-bond acceptors (Lipinski definition) is 3. The first-order valence-electron chi connectivity index (χ1n) is 12.3. The highest BCUT2D eigenvalue weighted by Gasteiger charge is 2.34. The van der Waals surface area contributed by atoms with Crippen LogP contribution in [0.3, 0.4) is 0 Å². The zero-order chi connectivity index (χ0) is 25.1. The number of hydrogen-bond donors (Lipinski definition) is 1. The molecule has 0 aliphatic heterocycles. The van der Waals surface area contributed by atoms with E-state index in [4.69, 9.17) is 4.98 Å². The van der Waals surface area contributed by atoms with Gasteiger partial charge in [0, 0.05) is 23.5 Å². The number of amides is 2. The minimum atomic E-state index is -0.252. The summed E-state index contributed by atoms with van der Waals surface area (Å²) >= 11 is 0. The lowest BCUT2D eigenvalue weighted by atomic mass is 10.1. The number of imidazole rings is 1. The normalized spacial score (nSPS) is 12.8. The molecule has 0 saturated heterocycles. The minimum absolute atomic E-state index is 0.0109. The second-order valence-corrected chi connectivity index (χ2v) is 9.48. The summed E-state index contributed by atoms with van der Waals surface area (Å²) in [6.07, 6.45) is 4.09. The van der Waals surface area contributed by atoms with Crippen LogP contribution in [0.25, 0.3) is 16.9 Å². The highest BCUT2D eigenvalue weighted by molar-refractivity contribution is 5.94. The SMILES string of the molecule is Cc1ccc(-c2cn(-c3ccc(C)cc3)c(NC(=O)CN(C(=O)Cc3ccccc3)C3CC3)n2)cc1. The number of aromatic nitrogens is 2. The standard InChI is InChI=1S/C30H30N4O2/c1-21-8-12-24(13-9-21)27-19-34(26-14-10-22(2)11-15-26)30(31-27)32-28(35)20-33(25-16-17-25)29(36)18-23-6-4-3-5-7-23/h3-15,19,25H,16-18,20H2,1-2H3,(H,31,32,35). The van der Waals surface area contributed by atoms with Crippen molar-refractivity contribution in [2.24, 2.45) is 0 Å². The predicted octanol–water partition coefficient (Wildman–Crippen LogP) is 5.33. The molecular formula is C30H30N4O2. The van der Waals surface area contributed by atoms with E-state index in [0.717, 1.165) is 40.9 Å². The van der Waals surface area contributed by atoms with Gasteiger partial charge >= 0.3 is 0 Å². The molecular weight excluding hydrogens is 448 g/mol. The van der Waals surface area contributed by atoms with E-state index in [9.17, 15) is 9.59 Å². The third kappa shape index (κ3) is 5.54. The van der Waals surface area contributed by atoms with E-state index in [1.54, 1.807) is 4.90 Å². The number of carbonyl (C=O) groups excluding carboxylic acids is 2. The second-order valence-electron chi connectivity index (χ2n) is 9.48. The van der Waals surface area contributed by atoms with E-state index in [2.05, 4.69) is 5.32 Å².